The third-order valence-corrected chi connectivity index (χ3v) is 2.25. The minimum Gasteiger partial charge on any atom is -0.392 e. The van der Waals surface area contributed by atoms with Gasteiger partial charge in [0.2, 0.25) is 0 Å². The first-order valence-electron chi connectivity index (χ1n) is 4.67. The number of hydrogen-bond donors (Lipinski definition) is 0. The van der Waals surface area contributed by atoms with Gasteiger partial charge < -0.3 is 4.84 Å². The van der Waals surface area contributed by atoms with Crippen LogP contribution in [-0.4, -0.2) is 12.3 Å². The molecule has 0 fully saturated rings. The first-order chi connectivity index (χ1) is 6.45. The number of oxime groups is 1. The first-order valence-corrected chi connectivity index (χ1v) is 4.67. The molecule has 0 unspecified atom stereocenters. The average molecular weight is 175 g/mol. The molecule has 0 aliphatic carbocycles. The lowest BCUT2D eigenvalue weighted by Gasteiger charge is -2.06. The predicted molar refractivity (Wildman–Crippen MR) is 52.7 cm³/mol. The van der Waals surface area contributed by atoms with Gasteiger partial charge in [-0.2, -0.15) is 0 Å². The second kappa shape index (κ2) is 4.08. The number of hydrogen-bond acceptors (Lipinski definition) is 2. The van der Waals surface area contributed by atoms with E-state index < -0.39 is 0 Å². The molecule has 0 amide bonds. The quantitative estimate of drug-likeness (QED) is 0.691. The average Bonchev–Trinajstić information content (AvgIpc) is 2.69. The zero-order chi connectivity index (χ0) is 8.93. The molecule has 0 radical (unpaired) electrons. The molecule has 68 valence electrons. The molecule has 1 aliphatic heterocycles. The highest BCUT2D eigenvalue weighted by Crippen LogP contribution is 2.12. The van der Waals surface area contributed by atoms with Crippen molar-refractivity contribution in [3.63, 3.8) is 0 Å². The standard InChI is InChI=1S/C11H13NO/c1-2-4-10(5-3-1)6-7-11-8-9-12-13-11/h1-5,9,11H,6-8H2/t11-/m1/s1. The lowest BCUT2D eigenvalue weighted by atomic mass is 10.1. The number of nitrogens with zero attached hydrogens (tertiary/aromatic N) is 1. The van der Waals surface area contributed by atoms with E-state index in [0.29, 0.717) is 6.10 Å². The van der Waals surface area contributed by atoms with E-state index in [1.165, 1.54) is 5.56 Å². The van der Waals surface area contributed by atoms with E-state index in [2.05, 4.69) is 29.4 Å². The molecule has 0 bridgehead atoms. The highest BCUT2D eigenvalue weighted by Gasteiger charge is 2.12. The Labute approximate surface area is 78.2 Å². The van der Waals surface area contributed by atoms with Crippen LogP contribution in [0.4, 0.5) is 0 Å². The molecular formula is C11H13NO. The van der Waals surface area contributed by atoms with E-state index in [1.807, 2.05) is 12.3 Å². The summed E-state index contributed by atoms with van der Waals surface area (Å²) < 4.78 is 0. The van der Waals surface area contributed by atoms with Crippen molar-refractivity contribution in [2.75, 3.05) is 0 Å². The molecule has 1 aliphatic rings. The van der Waals surface area contributed by atoms with Gasteiger partial charge in [0.25, 0.3) is 0 Å². The van der Waals surface area contributed by atoms with E-state index in [9.17, 15) is 0 Å². The van der Waals surface area contributed by atoms with Gasteiger partial charge in [-0.1, -0.05) is 35.5 Å². The van der Waals surface area contributed by atoms with E-state index >= 15 is 0 Å². The Balaban J connectivity index is 1.80. The maximum atomic E-state index is 5.14. The van der Waals surface area contributed by atoms with Gasteiger partial charge in [0.05, 0.1) is 0 Å². The molecule has 1 aromatic rings. The van der Waals surface area contributed by atoms with Crippen LogP contribution in [-0.2, 0) is 11.3 Å². The Bertz CT molecular complexity index is 273. The Hall–Kier alpha value is -1.31. The van der Waals surface area contributed by atoms with Crippen molar-refractivity contribution in [3.05, 3.63) is 35.9 Å². The minimum atomic E-state index is 0.306. The molecule has 0 saturated carbocycles. The number of rotatable bonds is 3. The van der Waals surface area contributed by atoms with Crippen molar-refractivity contribution >= 4 is 6.21 Å². The van der Waals surface area contributed by atoms with Crippen LogP contribution in [0, 0.1) is 0 Å². The van der Waals surface area contributed by atoms with Crippen molar-refractivity contribution < 1.29 is 4.84 Å². The molecular weight excluding hydrogens is 162 g/mol. The molecule has 2 nitrogen and oxygen atoms in total. The topological polar surface area (TPSA) is 21.6 Å². The molecule has 0 N–H and O–H groups in total. The van der Waals surface area contributed by atoms with E-state index in [1.54, 1.807) is 0 Å². The van der Waals surface area contributed by atoms with Crippen LogP contribution >= 0.6 is 0 Å². The van der Waals surface area contributed by atoms with Gasteiger partial charge in [-0.15, -0.1) is 0 Å². The maximum absolute atomic E-state index is 5.14. The van der Waals surface area contributed by atoms with Gasteiger partial charge in [-0.25, -0.2) is 0 Å². The Morgan fingerprint density at radius 3 is 2.85 bits per heavy atom. The third kappa shape index (κ3) is 2.31. The minimum absolute atomic E-state index is 0.306. The normalized spacial score (nSPS) is 20.2. The van der Waals surface area contributed by atoms with Gasteiger partial charge in [0.15, 0.2) is 0 Å². The Morgan fingerprint density at radius 1 is 1.31 bits per heavy atom. The predicted octanol–water partition coefficient (Wildman–Crippen LogP) is 2.39. The largest absolute Gasteiger partial charge is 0.392 e. The summed E-state index contributed by atoms with van der Waals surface area (Å²) in [6.07, 6.45) is 5.25. The van der Waals surface area contributed by atoms with Crippen LogP contribution in [0.5, 0.6) is 0 Å². The van der Waals surface area contributed by atoms with Gasteiger partial charge in [0.1, 0.15) is 6.10 Å². The van der Waals surface area contributed by atoms with Crippen LogP contribution in [0.1, 0.15) is 18.4 Å². The molecule has 0 spiro atoms. The van der Waals surface area contributed by atoms with E-state index in [4.69, 9.17) is 4.84 Å². The smallest absolute Gasteiger partial charge is 0.132 e. The second-order valence-electron chi connectivity index (χ2n) is 3.28. The lowest BCUT2D eigenvalue weighted by molar-refractivity contribution is 0.0794. The zero-order valence-corrected chi connectivity index (χ0v) is 7.52. The molecule has 2 rings (SSSR count). The van der Waals surface area contributed by atoms with Crippen LogP contribution in [0.15, 0.2) is 35.5 Å². The fourth-order valence-corrected chi connectivity index (χ4v) is 1.48. The monoisotopic (exact) mass is 175 g/mol. The maximum Gasteiger partial charge on any atom is 0.132 e. The summed E-state index contributed by atoms with van der Waals surface area (Å²) in [5.74, 6) is 0. The molecule has 1 aromatic carbocycles. The summed E-state index contributed by atoms with van der Waals surface area (Å²) in [5.41, 5.74) is 1.37. The van der Waals surface area contributed by atoms with Crippen LogP contribution in [0.2, 0.25) is 0 Å². The number of aryl methyl sites for hydroxylation is 1. The Kier molecular flexibility index (Phi) is 2.60. The zero-order valence-electron chi connectivity index (χ0n) is 7.52. The molecule has 1 heterocycles. The van der Waals surface area contributed by atoms with Gasteiger partial charge in [-0.3, -0.25) is 0 Å². The van der Waals surface area contributed by atoms with Crippen molar-refractivity contribution in [1.29, 1.82) is 0 Å². The molecule has 2 heteroatoms. The first kappa shape index (κ1) is 8.30. The Morgan fingerprint density at radius 2 is 2.15 bits per heavy atom. The van der Waals surface area contributed by atoms with Gasteiger partial charge >= 0.3 is 0 Å². The fraction of sp³-hybridized carbons (Fsp3) is 0.364. The summed E-state index contributed by atoms with van der Waals surface area (Å²) in [5, 5.41) is 3.75. The summed E-state index contributed by atoms with van der Waals surface area (Å²) in [6, 6.07) is 10.5. The lowest BCUT2D eigenvalue weighted by Crippen LogP contribution is -2.06. The number of benzene rings is 1. The second-order valence-corrected chi connectivity index (χ2v) is 3.28. The van der Waals surface area contributed by atoms with Crippen LogP contribution in [0.3, 0.4) is 0 Å². The molecule has 1 atom stereocenters. The highest BCUT2D eigenvalue weighted by atomic mass is 16.6. The summed E-state index contributed by atoms with van der Waals surface area (Å²) in [4.78, 5) is 5.14. The summed E-state index contributed by atoms with van der Waals surface area (Å²) in [6.45, 7) is 0. The highest BCUT2D eigenvalue weighted by molar-refractivity contribution is 5.58. The van der Waals surface area contributed by atoms with Gasteiger partial charge in [-0.05, 0) is 18.4 Å². The third-order valence-electron chi connectivity index (χ3n) is 2.25. The molecule has 0 saturated heterocycles. The summed E-state index contributed by atoms with van der Waals surface area (Å²) >= 11 is 0. The summed E-state index contributed by atoms with van der Waals surface area (Å²) in [7, 11) is 0. The van der Waals surface area contributed by atoms with E-state index in [0.717, 1.165) is 19.3 Å². The van der Waals surface area contributed by atoms with Crippen LogP contribution in [0.25, 0.3) is 0 Å². The molecule has 13 heavy (non-hydrogen) atoms. The molecule has 0 aromatic heterocycles. The van der Waals surface area contributed by atoms with Gasteiger partial charge in [0, 0.05) is 12.6 Å². The SMILES string of the molecule is C1=NO[C@H](CCc2ccccc2)C1. The van der Waals surface area contributed by atoms with Crippen molar-refractivity contribution in [1.82, 2.24) is 0 Å². The van der Waals surface area contributed by atoms with Crippen LogP contribution < -0.4 is 0 Å². The van der Waals surface area contributed by atoms with E-state index in [-0.39, 0.29) is 0 Å². The fourth-order valence-electron chi connectivity index (χ4n) is 1.48. The van der Waals surface area contributed by atoms with Crippen molar-refractivity contribution in [3.8, 4) is 0 Å². The van der Waals surface area contributed by atoms with Crippen molar-refractivity contribution in [2.24, 2.45) is 5.16 Å². The van der Waals surface area contributed by atoms with Crippen molar-refractivity contribution in [2.45, 2.75) is 25.4 Å².